The smallest absolute Gasteiger partial charge is 0.258 e. The molecule has 1 amide bonds. The summed E-state index contributed by atoms with van der Waals surface area (Å²) in [5, 5.41) is 6.70. The fourth-order valence-electron chi connectivity index (χ4n) is 2.17. The van der Waals surface area contributed by atoms with E-state index in [0.717, 1.165) is 18.6 Å². The number of hydrogen-bond donors (Lipinski definition) is 1. The van der Waals surface area contributed by atoms with Crippen molar-refractivity contribution in [2.45, 2.75) is 39.2 Å². The minimum atomic E-state index is -0.216. The van der Waals surface area contributed by atoms with Crippen molar-refractivity contribution in [1.29, 1.82) is 0 Å². The van der Waals surface area contributed by atoms with Gasteiger partial charge in [-0.25, -0.2) is 0 Å². The maximum Gasteiger partial charge on any atom is 0.258 e. The summed E-state index contributed by atoms with van der Waals surface area (Å²) in [6.45, 7) is 4.18. The fourth-order valence-corrected chi connectivity index (χ4v) is 2.17. The normalized spacial score (nSPS) is 16.4. The van der Waals surface area contributed by atoms with Gasteiger partial charge in [0.2, 0.25) is 0 Å². The van der Waals surface area contributed by atoms with E-state index in [4.69, 9.17) is 9.57 Å². The molecule has 6 heteroatoms. The van der Waals surface area contributed by atoms with E-state index in [0.29, 0.717) is 24.3 Å². The second-order valence-corrected chi connectivity index (χ2v) is 5.34. The second-order valence-electron chi connectivity index (χ2n) is 5.34. The summed E-state index contributed by atoms with van der Waals surface area (Å²) in [6.07, 6.45) is 2.00. The molecule has 1 aliphatic heterocycles. The zero-order valence-electron chi connectivity index (χ0n) is 13.5. The van der Waals surface area contributed by atoms with Gasteiger partial charge in [-0.05, 0) is 30.7 Å². The number of amides is 1. The van der Waals surface area contributed by atoms with Crippen LogP contribution in [0.25, 0.3) is 0 Å². The molecule has 0 fully saturated rings. The molecule has 0 aromatic heterocycles. The SMILES string of the molecule is CCC(=O)c1ccc(OCC(=O)NC[C@H]2CC(CC)=NO2)cc1. The molecular formula is C17H22N2O4. The topological polar surface area (TPSA) is 77.0 Å². The Morgan fingerprint density at radius 3 is 2.65 bits per heavy atom. The molecule has 1 aromatic rings. The van der Waals surface area contributed by atoms with Gasteiger partial charge in [0.25, 0.3) is 5.91 Å². The van der Waals surface area contributed by atoms with Crippen LogP contribution in [0.15, 0.2) is 29.4 Å². The Bertz CT molecular complexity index is 581. The van der Waals surface area contributed by atoms with Crippen LogP contribution in [0, 0.1) is 0 Å². The van der Waals surface area contributed by atoms with E-state index >= 15 is 0 Å². The summed E-state index contributed by atoms with van der Waals surface area (Å²) in [4.78, 5) is 28.5. The first kappa shape index (κ1) is 17.0. The Morgan fingerprint density at radius 1 is 1.30 bits per heavy atom. The summed E-state index contributed by atoms with van der Waals surface area (Å²) in [6, 6.07) is 6.79. The molecule has 0 aliphatic carbocycles. The highest BCUT2D eigenvalue weighted by Crippen LogP contribution is 2.14. The molecule has 1 heterocycles. The van der Waals surface area contributed by atoms with Gasteiger partial charge < -0.3 is 14.9 Å². The van der Waals surface area contributed by atoms with Crippen LogP contribution < -0.4 is 10.1 Å². The van der Waals surface area contributed by atoms with Gasteiger partial charge in [-0.15, -0.1) is 0 Å². The zero-order chi connectivity index (χ0) is 16.7. The van der Waals surface area contributed by atoms with Crippen LogP contribution in [0.1, 0.15) is 43.5 Å². The zero-order valence-corrected chi connectivity index (χ0v) is 13.5. The van der Waals surface area contributed by atoms with Crippen LogP contribution in [-0.2, 0) is 9.63 Å². The maximum absolute atomic E-state index is 11.8. The predicted molar refractivity (Wildman–Crippen MR) is 86.8 cm³/mol. The number of benzene rings is 1. The lowest BCUT2D eigenvalue weighted by Crippen LogP contribution is -2.35. The van der Waals surface area contributed by atoms with E-state index in [1.165, 1.54) is 0 Å². The number of oxime groups is 1. The molecule has 0 spiro atoms. The number of carbonyl (C=O) groups is 2. The molecular weight excluding hydrogens is 296 g/mol. The number of Topliss-reactive ketones (excluding diaryl/α,β-unsaturated/α-hetero) is 1. The first-order valence-electron chi connectivity index (χ1n) is 7.86. The van der Waals surface area contributed by atoms with Crippen molar-refractivity contribution in [3.8, 4) is 5.75 Å². The quantitative estimate of drug-likeness (QED) is 0.746. The van der Waals surface area contributed by atoms with Crippen LogP contribution in [0.2, 0.25) is 0 Å². The number of ketones is 1. The van der Waals surface area contributed by atoms with Crippen molar-refractivity contribution in [2.24, 2.45) is 5.16 Å². The van der Waals surface area contributed by atoms with Crippen LogP contribution >= 0.6 is 0 Å². The number of carbonyl (C=O) groups excluding carboxylic acids is 2. The van der Waals surface area contributed by atoms with Gasteiger partial charge in [-0.1, -0.05) is 19.0 Å². The van der Waals surface area contributed by atoms with E-state index in [1.54, 1.807) is 24.3 Å². The predicted octanol–water partition coefficient (Wildman–Crippen LogP) is 2.33. The molecule has 0 saturated heterocycles. The van der Waals surface area contributed by atoms with Crippen molar-refractivity contribution in [3.05, 3.63) is 29.8 Å². The molecule has 0 saturated carbocycles. The third kappa shape index (κ3) is 5.09. The van der Waals surface area contributed by atoms with Gasteiger partial charge in [0.15, 0.2) is 12.4 Å². The summed E-state index contributed by atoms with van der Waals surface area (Å²) in [5.41, 5.74) is 1.66. The van der Waals surface area contributed by atoms with Gasteiger partial charge in [0.05, 0.1) is 12.3 Å². The van der Waals surface area contributed by atoms with E-state index in [-0.39, 0.29) is 24.4 Å². The molecule has 124 valence electrons. The number of nitrogens with one attached hydrogen (secondary N) is 1. The van der Waals surface area contributed by atoms with Crippen molar-refractivity contribution >= 4 is 17.4 Å². The lowest BCUT2D eigenvalue weighted by atomic mass is 10.1. The average molecular weight is 318 g/mol. The first-order chi connectivity index (χ1) is 11.1. The second kappa shape index (κ2) is 8.31. The summed E-state index contributed by atoms with van der Waals surface area (Å²) in [5.74, 6) is 0.424. The Labute approximate surface area is 135 Å². The highest BCUT2D eigenvalue weighted by molar-refractivity contribution is 5.95. The Morgan fingerprint density at radius 2 is 2.04 bits per heavy atom. The molecule has 1 aliphatic rings. The number of rotatable bonds is 8. The summed E-state index contributed by atoms with van der Waals surface area (Å²) < 4.78 is 5.40. The van der Waals surface area contributed by atoms with E-state index in [2.05, 4.69) is 10.5 Å². The maximum atomic E-state index is 11.8. The van der Waals surface area contributed by atoms with Gasteiger partial charge in [0.1, 0.15) is 11.9 Å². The molecule has 0 unspecified atom stereocenters. The molecule has 0 radical (unpaired) electrons. The highest BCUT2D eigenvalue weighted by Gasteiger charge is 2.20. The Kier molecular flexibility index (Phi) is 6.14. The summed E-state index contributed by atoms with van der Waals surface area (Å²) >= 11 is 0. The largest absolute Gasteiger partial charge is 0.484 e. The van der Waals surface area contributed by atoms with Crippen molar-refractivity contribution in [3.63, 3.8) is 0 Å². The molecule has 2 rings (SSSR count). The lowest BCUT2D eigenvalue weighted by molar-refractivity contribution is -0.123. The monoisotopic (exact) mass is 318 g/mol. The molecule has 0 bridgehead atoms. The third-order valence-electron chi connectivity index (χ3n) is 3.60. The van der Waals surface area contributed by atoms with Gasteiger partial charge in [0, 0.05) is 18.4 Å². The molecule has 1 aromatic carbocycles. The van der Waals surface area contributed by atoms with Crippen LogP contribution in [0.5, 0.6) is 5.75 Å². The summed E-state index contributed by atoms with van der Waals surface area (Å²) in [7, 11) is 0. The van der Waals surface area contributed by atoms with Crippen LogP contribution in [0.4, 0.5) is 0 Å². The number of ether oxygens (including phenoxy) is 1. The number of nitrogens with zero attached hydrogens (tertiary/aromatic N) is 1. The van der Waals surface area contributed by atoms with Gasteiger partial charge in [-0.2, -0.15) is 0 Å². The fraction of sp³-hybridized carbons (Fsp3) is 0.471. The van der Waals surface area contributed by atoms with Crippen molar-refractivity contribution in [1.82, 2.24) is 5.32 Å². The van der Waals surface area contributed by atoms with Gasteiger partial charge >= 0.3 is 0 Å². The first-order valence-corrected chi connectivity index (χ1v) is 7.86. The van der Waals surface area contributed by atoms with E-state index < -0.39 is 0 Å². The molecule has 1 N–H and O–H groups in total. The minimum Gasteiger partial charge on any atom is -0.484 e. The van der Waals surface area contributed by atoms with Crippen LogP contribution in [0.3, 0.4) is 0 Å². The Hall–Kier alpha value is -2.37. The number of hydrogen-bond acceptors (Lipinski definition) is 5. The van der Waals surface area contributed by atoms with Gasteiger partial charge in [-0.3, -0.25) is 9.59 Å². The van der Waals surface area contributed by atoms with Crippen LogP contribution in [-0.4, -0.2) is 36.7 Å². The molecule has 1 atom stereocenters. The average Bonchev–Trinajstić information content (AvgIpc) is 3.06. The minimum absolute atomic E-state index is 0.0741. The standard InChI is InChI=1S/C17H22N2O4/c1-3-13-9-15(23-19-13)10-18-17(21)11-22-14-7-5-12(6-8-14)16(20)4-2/h5-8,15H,3-4,9-11H2,1-2H3,(H,18,21)/t15-/m1/s1. The Balaban J connectivity index is 1.69. The lowest BCUT2D eigenvalue weighted by Gasteiger charge is -2.11. The third-order valence-corrected chi connectivity index (χ3v) is 3.60. The van der Waals surface area contributed by atoms with Crippen molar-refractivity contribution in [2.75, 3.05) is 13.2 Å². The molecule has 6 nitrogen and oxygen atoms in total. The highest BCUT2D eigenvalue weighted by atomic mass is 16.6. The van der Waals surface area contributed by atoms with E-state index in [1.807, 2.05) is 13.8 Å². The van der Waals surface area contributed by atoms with Crippen molar-refractivity contribution < 1.29 is 19.2 Å². The van der Waals surface area contributed by atoms with E-state index in [9.17, 15) is 9.59 Å². The molecule has 23 heavy (non-hydrogen) atoms.